The summed E-state index contributed by atoms with van der Waals surface area (Å²) in [7, 11) is -0.434. The lowest BCUT2D eigenvalue weighted by molar-refractivity contribution is 0.517. The number of sulfonamides is 1. The van der Waals surface area contributed by atoms with Gasteiger partial charge >= 0.3 is 0 Å². The second-order valence-corrected chi connectivity index (χ2v) is 8.45. The van der Waals surface area contributed by atoms with Gasteiger partial charge < -0.3 is 5.73 Å². The van der Waals surface area contributed by atoms with Crippen LogP contribution in [-0.4, -0.2) is 43.1 Å². The molecule has 0 saturated carbocycles. The number of aromatic nitrogens is 2. The molecule has 1 heterocycles. The summed E-state index contributed by atoms with van der Waals surface area (Å²) in [6, 6.07) is 6.79. The molecule has 1 aromatic carbocycles. The lowest BCUT2D eigenvalue weighted by Crippen LogP contribution is -2.22. The zero-order valence-corrected chi connectivity index (χ0v) is 17.6. The van der Waals surface area contributed by atoms with E-state index in [1.54, 1.807) is 28.9 Å². The molecular formula is C18H26ClFN4O2S. The van der Waals surface area contributed by atoms with E-state index in [0.717, 1.165) is 22.5 Å². The van der Waals surface area contributed by atoms with Crippen LogP contribution in [0.3, 0.4) is 0 Å². The molecule has 1 aromatic heterocycles. The van der Waals surface area contributed by atoms with Gasteiger partial charge in [0.15, 0.2) is 0 Å². The molecule has 2 aromatic rings. The molecule has 6 nitrogen and oxygen atoms in total. The Labute approximate surface area is 166 Å². The van der Waals surface area contributed by atoms with Crippen LogP contribution < -0.4 is 5.73 Å². The van der Waals surface area contributed by atoms with Gasteiger partial charge in [0, 0.05) is 38.3 Å². The Morgan fingerprint density at radius 1 is 1.26 bits per heavy atom. The summed E-state index contributed by atoms with van der Waals surface area (Å²) < 4.78 is 40.8. The van der Waals surface area contributed by atoms with E-state index in [-0.39, 0.29) is 36.2 Å². The van der Waals surface area contributed by atoms with Crippen LogP contribution in [0.2, 0.25) is 0 Å². The Bertz CT molecular complexity index is 906. The van der Waals surface area contributed by atoms with Crippen LogP contribution in [0, 0.1) is 13.8 Å². The van der Waals surface area contributed by atoms with Crippen molar-refractivity contribution in [1.29, 1.82) is 0 Å². The summed E-state index contributed by atoms with van der Waals surface area (Å²) in [5.74, 6) is -0.317. The molecular weight excluding hydrogens is 391 g/mol. The molecule has 0 aliphatic rings. The molecule has 9 heteroatoms. The first kappa shape index (κ1) is 23.3. The first-order valence-corrected chi connectivity index (χ1v) is 9.69. The Balaban J connectivity index is 0.00000364. The van der Waals surface area contributed by atoms with E-state index in [4.69, 9.17) is 5.73 Å². The maximum absolute atomic E-state index is 13.7. The molecule has 27 heavy (non-hydrogen) atoms. The van der Waals surface area contributed by atoms with E-state index in [1.807, 2.05) is 13.8 Å². The molecule has 0 atom stereocenters. The van der Waals surface area contributed by atoms with Crippen LogP contribution in [-0.2, 0) is 23.0 Å². The molecule has 0 bridgehead atoms. The number of nitrogens with zero attached hydrogens (tertiary/aromatic N) is 3. The van der Waals surface area contributed by atoms with E-state index in [0.29, 0.717) is 6.42 Å². The molecule has 0 aliphatic heterocycles. The highest BCUT2D eigenvalue weighted by Crippen LogP contribution is 2.21. The van der Waals surface area contributed by atoms with Gasteiger partial charge in [-0.25, -0.2) is 17.1 Å². The van der Waals surface area contributed by atoms with Crippen LogP contribution >= 0.6 is 12.4 Å². The summed E-state index contributed by atoms with van der Waals surface area (Å²) in [5.41, 5.74) is 9.01. The lowest BCUT2D eigenvalue weighted by Gasteiger charge is -2.11. The Morgan fingerprint density at radius 2 is 1.85 bits per heavy atom. The Hall–Kier alpha value is -1.74. The quantitative estimate of drug-likeness (QED) is 0.752. The van der Waals surface area contributed by atoms with Crippen LogP contribution in [0.1, 0.15) is 22.5 Å². The molecule has 0 amide bonds. The van der Waals surface area contributed by atoms with Gasteiger partial charge in [-0.3, -0.25) is 4.68 Å². The van der Waals surface area contributed by atoms with Crippen LogP contribution in [0.25, 0.3) is 0 Å². The molecule has 0 aliphatic carbocycles. The normalized spacial score (nSPS) is 12.3. The largest absolute Gasteiger partial charge is 0.327 e. The van der Waals surface area contributed by atoms with E-state index in [9.17, 15) is 12.8 Å². The molecule has 2 N–H and O–H groups in total. The third-order valence-electron chi connectivity index (χ3n) is 4.25. The van der Waals surface area contributed by atoms with Crippen molar-refractivity contribution in [3.8, 4) is 0 Å². The zero-order valence-electron chi connectivity index (χ0n) is 15.9. The second kappa shape index (κ2) is 9.45. The maximum Gasteiger partial charge on any atom is 0.242 e. The number of allylic oxidation sites excluding steroid dienone is 1. The van der Waals surface area contributed by atoms with Gasteiger partial charge in [-0.05, 0) is 37.6 Å². The number of hydrogen-bond acceptors (Lipinski definition) is 4. The van der Waals surface area contributed by atoms with E-state index >= 15 is 0 Å². The average molecular weight is 417 g/mol. The van der Waals surface area contributed by atoms with Gasteiger partial charge in [0.2, 0.25) is 10.0 Å². The predicted octanol–water partition coefficient (Wildman–Crippen LogP) is 2.57. The van der Waals surface area contributed by atoms with E-state index in [1.165, 1.54) is 24.5 Å². The minimum Gasteiger partial charge on any atom is -0.327 e. The first-order chi connectivity index (χ1) is 12.2. The highest BCUT2D eigenvalue weighted by Gasteiger charge is 2.17. The Kier molecular flexibility index (Phi) is 8.16. The number of halogens is 2. The van der Waals surface area contributed by atoms with Crippen molar-refractivity contribution in [3.63, 3.8) is 0 Å². The van der Waals surface area contributed by atoms with Crippen molar-refractivity contribution in [3.05, 3.63) is 58.7 Å². The lowest BCUT2D eigenvalue weighted by atomic mass is 10.0. The average Bonchev–Trinajstić information content (AvgIpc) is 2.83. The molecule has 0 fully saturated rings. The van der Waals surface area contributed by atoms with Crippen molar-refractivity contribution >= 4 is 22.4 Å². The summed E-state index contributed by atoms with van der Waals surface area (Å²) in [6.45, 7) is 3.99. The fraction of sp³-hybridized carbons (Fsp3) is 0.389. The number of benzene rings is 1. The van der Waals surface area contributed by atoms with E-state index < -0.39 is 10.0 Å². The van der Waals surface area contributed by atoms with Crippen LogP contribution in [0.5, 0.6) is 0 Å². The molecule has 0 radical (unpaired) electrons. The zero-order chi connectivity index (χ0) is 19.5. The van der Waals surface area contributed by atoms with Crippen LogP contribution in [0.15, 0.2) is 41.1 Å². The van der Waals surface area contributed by atoms with Gasteiger partial charge in [-0.15, -0.1) is 12.4 Å². The molecule has 150 valence electrons. The first-order valence-electron chi connectivity index (χ1n) is 8.25. The maximum atomic E-state index is 13.7. The minimum atomic E-state index is -3.44. The van der Waals surface area contributed by atoms with Gasteiger partial charge in [0.05, 0.1) is 17.1 Å². The fourth-order valence-electron chi connectivity index (χ4n) is 2.67. The third kappa shape index (κ3) is 5.38. The number of rotatable bonds is 7. The second-order valence-electron chi connectivity index (χ2n) is 6.30. The molecule has 0 unspecified atom stereocenters. The number of nitrogens with two attached hydrogens (primary N) is 1. The van der Waals surface area contributed by atoms with Gasteiger partial charge in [0.25, 0.3) is 0 Å². The van der Waals surface area contributed by atoms with Crippen LogP contribution in [0.4, 0.5) is 4.39 Å². The van der Waals surface area contributed by atoms with Crippen molar-refractivity contribution in [2.45, 2.75) is 31.7 Å². The molecule has 2 rings (SSSR count). The monoisotopic (exact) mass is 416 g/mol. The van der Waals surface area contributed by atoms with Gasteiger partial charge in [-0.2, -0.15) is 5.10 Å². The van der Waals surface area contributed by atoms with Crippen molar-refractivity contribution in [2.24, 2.45) is 5.73 Å². The van der Waals surface area contributed by atoms with E-state index in [2.05, 4.69) is 5.10 Å². The molecule has 0 saturated heterocycles. The molecule has 0 spiro atoms. The van der Waals surface area contributed by atoms with Gasteiger partial charge in [0.1, 0.15) is 5.83 Å². The summed E-state index contributed by atoms with van der Waals surface area (Å²) in [6.07, 6.45) is 1.93. The summed E-state index contributed by atoms with van der Waals surface area (Å²) in [4.78, 5) is 0.254. The summed E-state index contributed by atoms with van der Waals surface area (Å²) >= 11 is 0. The standard InChI is InChI=1S/C18H25FN4O2S.ClH/c1-13-18(14(2)23(21-13)12-16(19)9-10-20)11-15-5-7-17(8-6-15)26(24,25)22(3)4;/h5-9H,10-12,20H2,1-4H3;1H. The third-order valence-corrected chi connectivity index (χ3v) is 6.08. The number of hydrogen-bond donors (Lipinski definition) is 1. The SMILES string of the molecule is Cc1nn(CC(F)=CCN)c(C)c1Cc1ccc(S(=O)(=O)N(C)C)cc1.Cl. The smallest absolute Gasteiger partial charge is 0.242 e. The fourth-order valence-corrected chi connectivity index (χ4v) is 3.58. The summed E-state index contributed by atoms with van der Waals surface area (Å²) in [5, 5.41) is 4.40. The minimum absolute atomic E-state index is 0. The highest BCUT2D eigenvalue weighted by atomic mass is 35.5. The van der Waals surface area contributed by atoms with Gasteiger partial charge in [-0.1, -0.05) is 12.1 Å². The predicted molar refractivity (Wildman–Crippen MR) is 107 cm³/mol. The van der Waals surface area contributed by atoms with Crippen molar-refractivity contribution in [2.75, 3.05) is 20.6 Å². The highest BCUT2D eigenvalue weighted by molar-refractivity contribution is 7.89. The van der Waals surface area contributed by atoms with Crippen molar-refractivity contribution < 1.29 is 12.8 Å². The Morgan fingerprint density at radius 3 is 2.37 bits per heavy atom. The number of aryl methyl sites for hydroxylation is 1. The van der Waals surface area contributed by atoms with Crippen molar-refractivity contribution in [1.82, 2.24) is 14.1 Å². The topological polar surface area (TPSA) is 81.2 Å².